The SMILES string of the molecule is C[C@@H](NC(=O)CO/N=C\c1ccc(Cl)cc1)c1ccc2ccccc2c1. The first-order valence-electron chi connectivity index (χ1n) is 8.31. The van der Waals surface area contributed by atoms with Crippen LogP contribution in [0.1, 0.15) is 24.1 Å². The molecule has 0 aliphatic rings. The number of hydrogen-bond donors (Lipinski definition) is 1. The highest BCUT2D eigenvalue weighted by Crippen LogP contribution is 2.20. The predicted molar refractivity (Wildman–Crippen MR) is 106 cm³/mol. The van der Waals surface area contributed by atoms with Gasteiger partial charge in [-0.05, 0) is 47.0 Å². The van der Waals surface area contributed by atoms with Crippen LogP contribution in [0.25, 0.3) is 10.8 Å². The van der Waals surface area contributed by atoms with E-state index >= 15 is 0 Å². The van der Waals surface area contributed by atoms with Gasteiger partial charge in [-0.2, -0.15) is 0 Å². The lowest BCUT2D eigenvalue weighted by Crippen LogP contribution is -2.29. The number of rotatable bonds is 6. The molecule has 0 bridgehead atoms. The summed E-state index contributed by atoms with van der Waals surface area (Å²) in [7, 11) is 0. The van der Waals surface area contributed by atoms with Crippen molar-refractivity contribution >= 4 is 34.5 Å². The largest absolute Gasteiger partial charge is 0.386 e. The van der Waals surface area contributed by atoms with Crippen LogP contribution in [0.4, 0.5) is 0 Å². The normalized spacial score (nSPS) is 12.2. The van der Waals surface area contributed by atoms with Crippen molar-refractivity contribution in [2.45, 2.75) is 13.0 Å². The van der Waals surface area contributed by atoms with Crippen LogP contribution in [0, 0.1) is 0 Å². The number of carbonyl (C=O) groups is 1. The van der Waals surface area contributed by atoms with Gasteiger partial charge in [-0.15, -0.1) is 0 Å². The van der Waals surface area contributed by atoms with Crippen molar-refractivity contribution in [2.24, 2.45) is 5.16 Å². The summed E-state index contributed by atoms with van der Waals surface area (Å²) in [6, 6.07) is 21.3. The van der Waals surface area contributed by atoms with E-state index < -0.39 is 0 Å². The Bertz CT molecular complexity index is 923. The quantitative estimate of drug-likeness (QED) is 0.507. The molecule has 0 radical (unpaired) electrons. The number of amides is 1. The topological polar surface area (TPSA) is 50.7 Å². The van der Waals surface area contributed by atoms with Crippen LogP contribution in [0.2, 0.25) is 5.02 Å². The molecule has 0 unspecified atom stereocenters. The molecule has 0 aliphatic carbocycles. The molecule has 0 saturated heterocycles. The number of fused-ring (bicyclic) bond motifs is 1. The summed E-state index contributed by atoms with van der Waals surface area (Å²) < 4.78 is 0. The van der Waals surface area contributed by atoms with Crippen LogP contribution in [-0.4, -0.2) is 18.7 Å². The fraction of sp³-hybridized carbons (Fsp3) is 0.143. The van der Waals surface area contributed by atoms with E-state index in [9.17, 15) is 4.79 Å². The van der Waals surface area contributed by atoms with Crippen LogP contribution in [-0.2, 0) is 9.63 Å². The second kappa shape index (κ2) is 8.50. The Morgan fingerprint density at radius 3 is 2.62 bits per heavy atom. The van der Waals surface area contributed by atoms with Crippen LogP contribution in [0.5, 0.6) is 0 Å². The Morgan fingerprint density at radius 1 is 1.12 bits per heavy atom. The first-order valence-corrected chi connectivity index (χ1v) is 8.68. The van der Waals surface area contributed by atoms with Gasteiger partial charge in [-0.1, -0.05) is 65.3 Å². The van der Waals surface area contributed by atoms with Gasteiger partial charge < -0.3 is 10.2 Å². The molecule has 0 saturated carbocycles. The first-order chi connectivity index (χ1) is 12.6. The summed E-state index contributed by atoms with van der Waals surface area (Å²) >= 11 is 5.82. The molecule has 1 N–H and O–H groups in total. The third-order valence-corrected chi connectivity index (χ3v) is 4.24. The van der Waals surface area contributed by atoms with Crippen molar-refractivity contribution in [3.8, 4) is 0 Å². The van der Waals surface area contributed by atoms with Crippen LogP contribution in [0.15, 0.2) is 71.9 Å². The zero-order valence-corrected chi connectivity index (χ0v) is 15.1. The lowest BCUT2D eigenvalue weighted by atomic mass is 10.0. The second-order valence-electron chi connectivity index (χ2n) is 5.96. The summed E-state index contributed by atoms with van der Waals surface area (Å²) in [5.41, 5.74) is 1.89. The maximum atomic E-state index is 12.0. The minimum absolute atomic E-state index is 0.115. The van der Waals surface area contributed by atoms with E-state index in [-0.39, 0.29) is 18.6 Å². The maximum Gasteiger partial charge on any atom is 0.261 e. The van der Waals surface area contributed by atoms with Gasteiger partial charge >= 0.3 is 0 Å². The lowest BCUT2D eigenvalue weighted by molar-refractivity contribution is -0.126. The van der Waals surface area contributed by atoms with E-state index in [0.29, 0.717) is 5.02 Å². The molecule has 0 heterocycles. The molecule has 0 aliphatic heterocycles. The monoisotopic (exact) mass is 366 g/mol. The first kappa shape index (κ1) is 18.0. The van der Waals surface area contributed by atoms with Crippen LogP contribution >= 0.6 is 11.6 Å². The summed E-state index contributed by atoms with van der Waals surface area (Å²) in [5, 5.41) is 9.70. The average molecular weight is 367 g/mol. The molecule has 26 heavy (non-hydrogen) atoms. The summed E-state index contributed by atoms with van der Waals surface area (Å²) in [6.45, 7) is 1.81. The number of nitrogens with zero attached hydrogens (tertiary/aromatic N) is 1. The zero-order valence-electron chi connectivity index (χ0n) is 14.4. The van der Waals surface area contributed by atoms with Crippen molar-refractivity contribution in [3.63, 3.8) is 0 Å². The van der Waals surface area contributed by atoms with Crippen molar-refractivity contribution in [1.29, 1.82) is 0 Å². The Labute approximate surface area is 157 Å². The number of halogens is 1. The minimum atomic E-state index is -0.223. The Morgan fingerprint density at radius 2 is 1.85 bits per heavy atom. The third kappa shape index (κ3) is 4.83. The molecule has 1 amide bonds. The summed E-state index contributed by atoms with van der Waals surface area (Å²) in [5.74, 6) is -0.223. The molecule has 1 atom stereocenters. The highest BCUT2D eigenvalue weighted by atomic mass is 35.5. The minimum Gasteiger partial charge on any atom is -0.386 e. The van der Waals surface area contributed by atoms with Crippen molar-refractivity contribution in [3.05, 3.63) is 82.9 Å². The Balaban J connectivity index is 1.51. The van der Waals surface area contributed by atoms with E-state index in [1.165, 1.54) is 11.6 Å². The number of oxime groups is 1. The second-order valence-corrected chi connectivity index (χ2v) is 6.39. The summed E-state index contributed by atoms with van der Waals surface area (Å²) in [6.07, 6.45) is 1.54. The van der Waals surface area contributed by atoms with Gasteiger partial charge in [0.05, 0.1) is 12.3 Å². The number of benzene rings is 3. The molecule has 4 nitrogen and oxygen atoms in total. The molecule has 132 valence electrons. The molecule has 0 spiro atoms. The third-order valence-electron chi connectivity index (χ3n) is 3.99. The van der Waals surface area contributed by atoms with E-state index in [1.807, 2.05) is 37.3 Å². The fourth-order valence-electron chi connectivity index (χ4n) is 2.59. The lowest BCUT2D eigenvalue weighted by Gasteiger charge is -2.14. The molecule has 0 fully saturated rings. The molecule has 3 aromatic carbocycles. The maximum absolute atomic E-state index is 12.0. The Hall–Kier alpha value is -2.85. The van der Waals surface area contributed by atoms with Crippen LogP contribution in [0.3, 0.4) is 0 Å². The van der Waals surface area contributed by atoms with E-state index in [0.717, 1.165) is 16.5 Å². The highest BCUT2D eigenvalue weighted by molar-refractivity contribution is 6.30. The van der Waals surface area contributed by atoms with Gasteiger partial charge in [0, 0.05) is 5.02 Å². The van der Waals surface area contributed by atoms with E-state index in [1.54, 1.807) is 12.1 Å². The number of carbonyl (C=O) groups excluding carboxylic acids is 1. The van der Waals surface area contributed by atoms with Gasteiger partial charge in [0.25, 0.3) is 5.91 Å². The smallest absolute Gasteiger partial charge is 0.261 e. The fourth-order valence-corrected chi connectivity index (χ4v) is 2.71. The van der Waals surface area contributed by atoms with Gasteiger partial charge in [0.1, 0.15) is 0 Å². The van der Waals surface area contributed by atoms with Crippen molar-refractivity contribution in [1.82, 2.24) is 5.32 Å². The standard InChI is InChI=1S/C21H19ClN2O2/c1-15(18-9-8-17-4-2-3-5-19(17)12-18)24-21(25)14-26-23-13-16-6-10-20(22)11-7-16/h2-13,15H,14H2,1H3,(H,24,25)/b23-13-/t15-/m1/s1. The van der Waals surface area contributed by atoms with Gasteiger partial charge in [0.15, 0.2) is 6.61 Å². The number of nitrogens with one attached hydrogen (secondary N) is 1. The Kier molecular flexibility index (Phi) is 5.87. The van der Waals surface area contributed by atoms with Crippen LogP contribution < -0.4 is 5.32 Å². The number of hydrogen-bond acceptors (Lipinski definition) is 3. The zero-order chi connectivity index (χ0) is 18.4. The molecule has 3 rings (SSSR count). The van der Waals surface area contributed by atoms with Gasteiger partial charge in [-0.25, -0.2) is 0 Å². The molecule has 5 heteroatoms. The van der Waals surface area contributed by atoms with Gasteiger partial charge in [-0.3, -0.25) is 4.79 Å². The molecular weight excluding hydrogens is 348 g/mol. The van der Waals surface area contributed by atoms with Crippen molar-refractivity contribution in [2.75, 3.05) is 6.61 Å². The highest BCUT2D eigenvalue weighted by Gasteiger charge is 2.10. The van der Waals surface area contributed by atoms with E-state index in [4.69, 9.17) is 16.4 Å². The van der Waals surface area contributed by atoms with Crippen molar-refractivity contribution < 1.29 is 9.63 Å². The summed E-state index contributed by atoms with van der Waals surface area (Å²) in [4.78, 5) is 17.1. The molecular formula is C21H19ClN2O2. The molecule has 0 aromatic heterocycles. The molecule has 3 aromatic rings. The van der Waals surface area contributed by atoms with E-state index in [2.05, 4.69) is 34.7 Å². The predicted octanol–water partition coefficient (Wildman–Crippen LogP) is 4.72. The van der Waals surface area contributed by atoms with Gasteiger partial charge in [0.2, 0.25) is 0 Å². The average Bonchev–Trinajstić information content (AvgIpc) is 2.66.